The normalized spacial score (nSPS) is 19.2. The second kappa shape index (κ2) is 9.97. The van der Waals surface area contributed by atoms with Crippen LogP contribution in [0.3, 0.4) is 0 Å². The van der Waals surface area contributed by atoms with E-state index in [4.69, 9.17) is 9.52 Å². The van der Waals surface area contributed by atoms with E-state index in [9.17, 15) is 35.9 Å². The monoisotopic (exact) mass is 536 g/mol. The number of piperazine rings is 1. The highest BCUT2D eigenvalue weighted by Gasteiger charge is 2.45. The number of carboxylic acid groups (broad SMARTS) is 1. The molecule has 2 aliphatic heterocycles. The van der Waals surface area contributed by atoms with Gasteiger partial charge in [-0.1, -0.05) is 0 Å². The van der Waals surface area contributed by atoms with Crippen LogP contribution in [0, 0.1) is 5.92 Å². The van der Waals surface area contributed by atoms with Crippen LogP contribution in [0.15, 0.2) is 22.7 Å². The summed E-state index contributed by atoms with van der Waals surface area (Å²) >= 11 is 0. The number of nitrogens with one attached hydrogen (secondary N) is 1. The topological polar surface area (TPSA) is 115 Å². The van der Waals surface area contributed by atoms with Crippen LogP contribution in [0.25, 0.3) is 0 Å². The highest BCUT2D eigenvalue weighted by molar-refractivity contribution is 6.03. The molecule has 0 saturated carbocycles. The highest BCUT2D eigenvalue weighted by Crippen LogP contribution is 2.38. The van der Waals surface area contributed by atoms with Crippen molar-refractivity contribution in [1.29, 1.82) is 0 Å². The Kier molecular flexibility index (Phi) is 7.10. The number of amides is 2. The standard InChI is InChI=1S/C21H22F6N6O4/c22-20(23,24)12-2-1-5-33(11-12)18-30-16(21(25,26)27)15(37-18)17(34)29-13-3-4-14(28-10-13)31-6-8-32(9-7-31)19(35)36/h3-4,10,12H,1-2,5-9,11H2,(H,29,34)(H,35,36). The first-order valence-corrected chi connectivity index (χ1v) is 11.2. The number of anilines is 3. The van der Waals surface area contributed by atoms with Crippen LogP contribution < -0.4 is 15.1 Å². The van der Waals surface area contributed by atoms with Crippen molar-refractivity contribution in [1.82, 2.24) is 14.9 Å². The van der Waals surface area contributed by atoms with E-state index >= 15 is 0 Å². The molecule has 2 N–H and O–H groups in total. The number of halogens is 6. The molecule has 2 aromatic heterocycles. The third kappa shape index (κ3) is 5.99. The van der Waals surface area contributed by atoms with E-state index in [-0.39, 0.29) is 38.2 Å². The quantitative estimate of drug-likeness (QED) is 0.566. The Balaban J connectivity index is 1.47. The SMILES string of the molecule is O=C(Nc1ccc(N2CCN(C(=O)O)CC2)nc1)c1oc(N2CCCC(C(F)(F)F)C2)nc1C(F)(F)F. The minimum Gasteiger partial charge on any atom is -0.465 e. The number of carbonyl (C=O) groups is 2. The van der Waals surface area contributed by atoms with E-state index in [1.54, 1.807) is 0 Å². The lowest BCUT2D eigenvalue weighted by atomic mass is 9.98. The van der Waals surface area contributed by atoms with Crippen LogP contribution in [0.5, 0.6) is 0 Å². The molecule has 2 saturated heterocycles. The second-order valence-electron chi connectivity index (χ2n) is 8.61. The van der Waals surface area contributed by atoms with Gasteiger partial charge in [-0.15, -0.1) is 0 Å². The Morgan fingerprint density at radius 3 is 2.30 bits per heavy atom. The zero-order valence-electron chi connectivity index (χ0n) is 19.1. The lowest BCUT2D eigenvalue weighted by Crippen LogP contribution is -2.48. The Bertz CT molecular complexity index is 1130. The molecule has 202 valence electrons. The van der Waals surface area contributed by atoms with Crippen molar-refractivity contribution < 1.29 is 45.5 Å². The number of hydrogen-bond donors (Lipinski definition) is 2. The number of oxazole rings is 1. The average Bonchev–Trinajstić information content (AvgIpc) is 3.31. The maximum Gasteiger partial charge on any atom is 0.437 e. The van der Waals surface area contributed by atoms with Crippen molar-refractivity contribution in [3.8, 4) is 0 Å². The molecule has 1 atom stereocenters. The van der Waals surface area contributed by atoms with Gasteiger partial charge < -0.3 is 29.5 Å². The first kappa shape index (κ1) is 26.3. The second-order valence-corrected chi connectivity index (χ2v) is 8.61. The van der Waals surface area contributed by atoms with E-state index in [0.29, 0.717) is 18.9 Å². The van der Waals surface area contributed by atoms with Gasteiger partial charge in [0.2, 0.25) is 5.76 Å². The van der Waals surface area contributed by atoms with Crippen molar-refractivity contribution in [3.63, 3.8) is 0 Å². The van der Waals surface area contributed by atoms with Gasteiger partial charge in [0, 0.05) is 39.3 Å². The summed E-state index contributed by atoms with van der Waals surface area (Å²) in [5, 5.41) is 11.3. The molecule has 16 heteroatoms. The molecule has 2 fully saturated rings. The molecule has 0 aliphatic carbocycles. The number of alkyl halides is 6. The Morgan fingerprint density at radius 2 is 1.73 bits per heavy atom. The van der Waals surface area contributed by atoms with Gasteiger partial charge in [-0.05, 0) is 25.0 Å². The molecule has 37 heavy (non-hydrogen) atoms. The Morgan fingerprint density at radius 1 is 1.03 bits per heavy atom. The number of pyridine rings is 1. The zero-order chi connectivity index (χ0) is 27.0. The van der Waals surface area contributed by atoms with Crippen LogP contribution >= 0.6 is 0 Å². The molecule has 2 aliphatic rings. The molecule has 4 heterocycles. The molecule has 1 unspecified atom stereocenters. The first-order valence-electron chi connectivity index (χ1n) is 11.2. The highest BCUT2D eigenvalue weighted by atomic mass is 19.4. The van der Waals surface area contributed by atoms with E-state index in [2.05, 4.69) is 15.3 Å². The van der Waals surface area contributed by atoms with Crippen molar-refractivity contribution in [3.05, 3.63) is 29.8 Å². The lowest BCUT2D eigenvalue weighted by Gasteiger charge is -2.33. The van der Waals surface area contributed by atoms with Gasteiger partial charge in [0.15, 0.2) is 5.69 Å². The number of piperidine rings is 1. The van der Waals surface area contributed by atoms with Crippen molar-refractivity contribution in [2.45, 2.75) is 25.2 Å². The molecule has 2 aromatic rings. The summed E-state index contributed by atoms with van der Waals surface area (Å²) in [4.78, 5) is 35.2. The molecule has 0 radical (unpaired) electrons. The number of carbonyl (C=O) groups excluding carboxylic acids is 1. The van der Waals surface area contributed by atoms with E-state index in [1.807, 2.05) is 4.90 Å². The van der Waals surface area contributed by atoms with Gasteiger partial charge in [-0.25, -0.2) is 9.78 Å². The summed E-state index contributed by atoms with van der Waals surface area (Å²) in [6.07, 6.45) is -9.54. The van der Waals surface area contributed by atoms with Gasteiger partial charge in [-0.3, -0.25) is 4.79 Å². The summed E-state index contributed by atoms with van der Waals surface area (Å²) in [5.41, 5.74) is -1.60. The maximum atomic E-state index is 13.6. The van der Waals surface area contributed by atoms with Crippen molar-refractivity contribution in [2.75, 3.05) is 54.4 Å². The fourth-order valence-corrected chi connectivity index (χ4v) is 4.17. The molecular formula is C21H22F6N6O4. The smallest absolute Gasteiger partial charge is 0.437 e. The third-order valence-electron chi connectivity index (χ3n) is 6.13. The van der Waals surface area contributed by atoms with Crippen molar-refractivity contribution >= 4 is 29.5 Å². The van der Waals surface area contributed by atoms with Gasteiger partial charge in [0.05, 0.1) is 17.8 Å². The minimum atomic E-state index is -5.09. The van der Waals surface area contributed by atoms with E-state index in [0.717, 1.165) is 4.90 Å². The number of aromatic nitrogens is 2. The summed E-state index contributed by atoms with van der Waals surface area (Å²) in [5.74, 6) is -3.74. The molecule has 0 aromatic carbocycles. The lowest BCUT2D eigenvalue weighted by molar-refractivity contribution is -0.176. The predicted octanol–water partition coefficient (Wildman–Crippen LogP) is 3.92. The zero-order valence-corrected chi connectivity index (χ0v) is 19.1. The largest absolute Gasteiger partial charge is 0.465 e. The Labute approximate surface area is 205 Å². The molecule has 4 rings (SSSR count). The minimum absolute atomic E-state index is 0.00242. The average molecular weight is 536 g/mol. The fourth-order valence-electron chi connectivity index (χ4n) is 4.17. The van der Waals surface area contributed by atoms with Gasteiger partial charge in [0.25, 0.3) is 11.9 Å². The molecule has 2 amide bonds. The van der Waals surface area contributed by atoms with E-state index < -0.39 is 54.3 Å². The van der Waals surface area contributed by atoms with Crippen LogP contribution in [-0.4, -0.2) is 77.4 Å². The maximum absolute atomic E-state index is 13.6. The number of nitrogens with zero attached hydrogens (tertiary/aromatic N) is 5. The fraction of sp³-hybridized carbons (Fsp3) is 0.524. The number of hydrogen-bond acceptors (Lipinski definition) is 7. The van der Waals surface area contributed by atoms with Gasteiger partial charge in [-0.2, -0.15) is 31.3 Å². The van der Waals surface area contributed by atoms with Gasteiger partial charge >= 0.3 is 18.4 Å². The predicted molar refractivity (Wildman–Crippen MR) is 116 cm³/mol. The van der Waals surface area contributed by atoms with Crippen LogP contribution in [0.2, 0.25) is 0 Å². The summed E-state index contributed by atoms with van der Waals surface area (Å²) in [6.45, 7) is 0.666. The van der Waals surface area contributed by atoms with Crippen LogP contribution in [0.4, 0.5) is 48.7 Å². The Hall–Kier alpha value is -3.72. The third-order valence-corrected chi connectivity index (χ3v) is 6.13. The van der Waals surface area contributed by atoms with Crippen LogP contribution in [0.1, 0.15) is 29.1 Å². The molecular weight excluding hydrogens is 514 g/mol. The van der Waals surface area contributed by atoms with Crippen molar-refractivity contribution in [2.24, 2.45) is 5.92 Å². The molecule has 0 bridgehead atoms. The first-order chi connectivity index (χ1) is 17.3. The summed E-state index contributed by atoms with van der Waals surface area (Å²) < 4.78 is 85.1. The van der Waals surface area contributed by atoms with E-state index in [1.165, 1.54) is 23.2 Å². The summed E-state index contributed by atoms with van der Waals surface area (Å²) in [6, 6.07) is 2.20. The van der Waals surface area contributed by atoms with Gasteiger partial charge in [0.1, 0.15) is 5.82 Å². The van der Waals surface area contributed by atoms with Crippen LogP contribution in [-0.2, 0) is 6.18 Å². The summed E-state index contributed by atoms with van der Waals surface area (Å²) in [7, 11) is 0. The number of rotatable bonds is 4. The molecule has 0 spiro atoms. The molecule has 10 nitrogen and oxygen atoms in total.